The maximum atomic E-state index is 11.8. The third kappa shape index (κ3) is 6.48. The van der Waals surface area contributed by atoms with Crippen molar-refractivity contribution in [2.24, 2.45) is 0 Å². The molecule has 0 spiro atoms. The standard InChI is InChI=1S/C17H24ClN3O2/c18-14-9-4-5-10-15(14)21-16(22)11-6-12-19-17(23)20-13-7-2-1-3-8-13/h4-5,9-10,13H,1-3,6-8,11-12H2,(H,21,22)(H2,19,20,23). The van der Waals surface area contributed by atoms with E-state index in [9.17, 15) is 9.59 Å². The summed E-state index contributed by atoms with van der Waals surface area (Å²) in [5.41, 5.74) is 0.613. The number of urea groups is 1. The second kappa shape index (κ2) is 9.40. The Bertz CT molecular complexity index is 530. The number of amides is 3. The highest BCUT2D eigenvalue weighted by Crippen LogP contribution is 2.20. The smallest absolute Gasteiger partial charge is 0.315 e. The number of para-hydroxylation sites is 1. The van der Waals surface area contributed by atoms with Crippen LogP contribution in [0.25, 0.3) is 0 Å². The molecule has 1 saturated carbocycles. The molecule has 1 aliphatic carbocycles. The maximum absolute atomic E-state index is 11.8. The molecule has 0 atom stereocenters. The van der Waals surface area contributed by atoms with Crippen molar-refractivity contribution in [2.75, 3.05) is 11.9 Å². The monoisotopic (exact) mass is 337 g/mol. The van der Waals surface area contributed by atoms with Crippen LogP contribution in [0.15, 0.2) is 24.3 Å². The summed E-state index contributed by atoms with van der Waals surface area (Å²) in [5.74, 6) is -0.104. The lowest BCUT2D eigenvalue weighted by molar-refractivity contribution is -0.116. The summed E-state index contributed by atoms with van der Waals surface area (Å²) in [6.45, 7) is 0.481. The molecule has 6 heteroatoms. The SMILES string of the molecule is O=C(CCCNC(=O)NC1CCCCC1)Nc1ccccc1Cl. The van der Waals surface area contributed by atoms with Crippen LogP contribution >= 0.6 is 11.6 Å². The molecular weight excluding hydrogens is 314 g/mol. The van der Waals surface area contributed by atoms with Crippen molar-refractivity contribution < 1.29 is 9.59 Å². The molecule has 23 heavy (non-hydrogen) atoms. The summed E-state index contributed by atoms with van der Waals surface area (Å²) >= 11 is 5.98. The predicted molar refractivity (Wildman–Crippen MR) is 92.7 cm³/mol. The van der Waals surface area contributed by atoms with Crippen LogP contribution in [0.4, 0.5) is 10.5 Å². The van der Waals surface area contributed by atoms with E-state index in [-0.39, 0.29) is 11.9 Å². The van der Waals surface area contributed by atoms with Gasteiger partial charge in [0.15, 0.2) is 0 Å². The first-order valence-corrected chi connectivity index (χ1v) is 8.61. The Morgan fingerprint density at radius 1 is 1.13 bits per heavy atom. The molecule has 0 heterocycles. The number of hydrogen-bond donors (Lipinski definition) is 3. The van der Waals surface area contributed by atoms with Crippen molar-refractivity contribution in [3.63, 3.8) is 0 Å². The van der Waals surface area contributed by atoms with Crippen molar-refractivity contribution in [3.8, 4) is 0 Å². The van der Waals surface area contributed by atoms with E-state index in [4.69, 9.17) is 11.6 Å². The Balaban J connectivity index is 1.58. The zero-order valence-electron chi connectivity index (χ0n) is 13.2. The van der Waals surface area contributed by atoms with Crippen LogP contribution in [0.1, 0.15) is 44.9 Å². The molecule has 3 amide bonds. The number of rotatable bonds is 6. The second-order valence-electron chi connectivity index (χ2n) is 5.87. The van der Waals surface area contributed by atoms with Gasteiger partial charge >= 0.3 is 6.03 Å². The zero-order valence-corrected chi connectivity index (χ0v) is 14.0. The normalized spacial score (nSPS) is 15.0. The molecule has 1 aromatic rings. The van der Waals surface area contributed by atoms with Gasteiger partial charge in [-0.2, -0.15) is 0 Å². The molecular formula is C17H24ClN3O2. The molecule has 0 aromatic heterocycles. The summed E-state index contributed by atoms with van der Waals surface area (Å²) in [6.07, 6.45) is 6.70. The molecule has 0 bridgehead atoms. The Hall–Kier alpha value is -1.75. The van der Waals surface area contributed by atoms with Gasteiger partial charge in [0.2, 0.25) is 5.91 Å². The van der Waals surface area contributed by atoms with E-state index >= 15 is 0 Å². The highest BCUT2D eigenvalue weighted by molar-refractivity contribution is 6.33. The number of anilines is 1. The third-order valence-electron chi connectivity index (χ3n) is 3.95. The van der Waals surface area contributed by atoms with Gasteiger partial charge in [-0.25, -0.2) is 4.79 Å². The fourth-order valence-electron chi connectivity index (χ4n) is 2.71. The summed E-state index contributed by atoms with van der Waals surface area (Å²) in [7, 11) is 0. The average molecular weight is 338 g/mol. The molecule has 0 radical (unpaired) electrons. The number of carbonyl (C=O) groups is 2. The van der Waals surface area contributed by atoms with Gasteiger partial charge in [0.05, 0.1) is 10.7 Å². The van der Waals surface area contributed by atoms with Crippen LogP contribution in [-0.4, -0.2) is 24.5 Å². The molecule has 1 fully saturated rings. The Morgan fingerprint density at radius 3 is 2.61 bits per heavy atom. The molecule has 126 valence electrons. The summed E-state index contributed by atoms with van der Waals surface area (Å²) in [5, 5.41) is 9.07. The molecule has 1 aromatic carbocycles. The van der Waals surface area contributed by atoms with Crippen LogP contribution < -0.4 is 16.0 Å². The van der Waals surface area contributed by atoms with Crippen molar-refractivity contribution in [3.05, 3.63) is 29.3 Å². The first-order valence-electron chi connectivity index (χ1n) is 8.24. The lowest BCUT2D eigenvalue weighted by Crippen LogP contribution is -2.43. The highest BCUT2D eigenvalue weighted by atomic mass is 35.5. The molecule has 2 rings (SSSR count). The van der Waals surface area contributed by atoms with Gasteiger partial charge in [-0.05, 0) is 31.4 Å². The lowest BCUT2D eigenvalue weighted by atomic mass is 9.96. The summed E-state index contributed by atoms with van der Waals surface area (Å²) in [6, 6.07) is 7.28. The van der Waals surface area contributed by atoms with Gasteiger partial charge in [-0.1, -0.05) is 43.0 Å². The second-order valence-corrected chi connectivity index (χ2v) is 6.27. The molecule has 3 N–H and O–H groups in total. The van der Waals surface area contributed by atoms with E-state index in [1.54, 1.807) is 12.1 Å². The maximum Gasteiger partial charge on any atom is 0.315 e. The Kier molecular flexibility index (Phi) is 7.20. The summed E-state index contributed by atoms with van der Waals surface area (Å²) in [4.78, 5) is 23.6. The third-order valence-corrected chi connectivity index (χ3v) is 4.28. The summed E-state index contributed by atoms with van der Waals surface area (Å²) < 4.78 is 0. The topological polar surface area (TPSA) is 70.2 Å². The first-order chi connectivity index (χ1) is 11.1. The first kappa shape index (κ1) is 17.6. The van der Waals surface area contributed by atoms with Crippen LogP contribution in [0.3, 0.4) is 0 Å². The molecule has 0 saturated heterocycles. The van der Waals surface area contributed by atoms with Crippen LogP contribution in [-0.2, 0) is 4.79 Å². The quantitative estimate of drug-likeness (QED) is 0.693. The number of hydrogen-bond acceptors (Lipinski definition) is 2. The van der Waals surface area contributed by atoms with E-state index in [0.29, 0.717) is 36.1 Å². The molecule has 5 nitrogen and oxygen atoms in total. The zero-order chi connectivity index (χ0) is 16.5. The van der Waals surface area contributed by atoms with E-state index in [1.807, 2.05) is 12.1 Å². The number of carbonyl (C=O) groups excluding carboxylic acids is 2. The van der Waals surface area contributed by atoms with Gasteiger partial charge in [0, 0.05) is 19.0 Å². The predicted octanol–water partition coefficient (Wildman–Crippen LogP) is 3.69. The van der Waals surface area contributed by atoms with Crippen LogP contribution in [0.2, 0.25) is 5.02 Å². The van der Waals surface area contributed by atoms with Crippen LogP contribution in [0, 0.1) is 0 Å². The van der Waals surface area contributed by atoms with Gasteiger partial charge < -0.3 is 16.0 Å². The minimum absolute atomic E-state index is 0.104. The average Bonchev–Trinajstić information content (AvgIpc) is 2.55. The van der Waals surface area contributed by atoms with Crippen molar-refractivity contribution in [2.45, 2.75) is 51.0 Å². The van der Waals surface area contributed by atoms with E-state index in [2.05, 4.69) is 16.0 Å². The van der Waals surface area contributed by atoms with E-state index < -0.39 is 0 Å². The van der Waals surface area contributed by atoms with E-state index in [1.165, 1.54) is 19.3 Å². The Labute approximate surface area is 142 Å². The minimum Gasteiger partial charge on any atom is -0.338 e. The largest absolute Gasteiger partial charge is 0.338 e. The Morgan fingerprint density at radius 2 is 1.87 bits per heavy atom. The van der Waals surface area contributed by atoms with Gasteiger partial charge in [0.25, 0.3) is 0 Å². The van der Waals surface area contributed by atoms with Crippen molar-refractivity contribution in [1.82, 2.24) is 10.6 Å². The number of nitrogens with one attached hydrogen (secondary N) is 3. The van der Waals surface area contributed by atoms with E-state index in [0.717, 1.165) is 12.8 Å². The van der Waals surface area contributed by atoms with Crippen molar-refractivity contribution in [1.29, 1.82) is 0 Å². The van der Waals surface area contributed by atoms with Crippen LogP contribution in [0.5, 0.6) is 0 Å². The fraction of sp³-hybridized carbons (Fsp3) is 0.529. The number of halogens is 1. The number of benzene rings is 1. The fourth-order valence-corrected chi connectivity index (χ4v) is 2.89. The molecule has 1 aliphatic rings. The van der Waals surface area contributed by atoms with Gasteiger partial charge in [-0.15, -0.1) is 0 Å². The minimum atomic E-state index is -0.136. The van der Waals surface area contributed by atoms with Gasteiger partial charge in [0.1, 0.15) is 0 Å². The molecule has 0 unspecified atom stereocenters. The highest BCUT2D eigenvalue weighted by Gasteiger charge is 2.15. The molecule has 0 aliphatic heterocycles. The lowest BCUT2D eigenvalue weighted by Gasteiger charge is -2.22. The van der Waals surface area contributed by atoms with Gasteiger partial charge in [-0.3, -0.25) is 4.79 Å². The van der Waals surface area contributed by atoms with Crippen molar-refractivity contribution >= 4 is 29.2 Å².